The summed E-state index contributed by atoms with van der Waals surface area (Å²) < 4.78 is 52.8. The molecule has 0 bridgehead atoms. The number of halogens is 3. The second kappa shape index (κ2) is 9.97. The molecule has 1 aromatic carbocycles. The van der Waals surface area contributed by atoms with E-state index in [9.17, 15) is 22.9 Å². The van der Waals surface area contributed by atoms with Crippen molar-refractivity contribution >= 4 is 42.3 Å². The number of hydrogen-bond acceptors (Lipinski definition) is 6. The first-order valence-corrected chi connectivity index (χ1v) is 12.1. The number of carbonyl (C=O) groups is 2. The number of rotatable bonds is 7. The van der Waals surface area contributed by atoms with E-state index in [0.717, 1.165) is 17.0 Å². The van der Waals surface area contributed by atoms with Crippen molar-refractivity contribution in [3.8, 4) is 0 Å². The molecule has 12 heteroatoms. The van der Waals surface area contributed by atoms with Gasteiger partial charge in [-0.2, -0.15) is 0 Å². The average molecular weight is 478 g/mol. The SMILES string of the molecule is CC(=O)NC[C@H]1CN(c2cc(F)c(N3CCP(=O)(OC/C=C/Cl)CC3)c(F)c2)C(=O)O1. The van der Waals surface area contributed by atoms with E-state index >= 15 is 0 Å². The number of benzene rings is 1. The summed E-state index contributed by atoms with van der Waals surface area (Å²) in [7, 11) is -2.88. The number of hydrogen-bond donors (Lipinski definition) is 1. The summed E-state index contributed by atoms with van der Waals surface area (Å²) in [6, 6.07) is 2.13. The molecule has 3 rings (SSSR count). The van der Waals surface area contributed by atoms with Gasteiger partial charge in [-0.3, -0.25) is 14.3 Å². The Morgan fingerprint density at radius 3 is 2.58 bits per heavy atom. The molecule has 0 radical (unpaired) electrons. The van der Waals surface area contributed by atoms with Gasteiger partial charge in [0.15, 0.2) is 11.6 Å². The van der Waals surface area contributed by atoms with Crippen molar-refractivity contribution in [1.29, 1.82) is 0 Å². The lowest BCUT2D eigenvalue weighted by Gasteiger charge is -2.33. The number of cyclic esters (lactones) is 1. The molecule has 0 saturated carbocycles. The minimum Gasteiger partial charge on any atom is -0.442 e. The fourth-order valence-electron chi connectivity index (χ4n) is 3.44. The van der Waals surface area contributed by atoms with Gasteiger partial charge in [0, 0.05) is 50.0 Å². The minimum atomic E-state index is -2.88. The van der Waals surface area contributed by atoms with Gasteiger partial charge in [0.25, 0.3) is 0 Å². The maximum atomic E-state index is 14.8. The van der Waals surface area contributed by atoms with Gasteiger partial charge in [0.2, 0.25) is 13.3 Å². The Bertz CT molecular complexity index is 897. The van der Waals surface area contributed by atoms with Gasteiger partial charge in [-0.1, -0.05) is 11.6 Å². The smallest absolute Gasteiger partial charge is 0.414 e. The second-order valence-electron chi connectivity index (χ2n) is 7.22. The molecule has 1 atom stereocenters. The lowest BCUT2D eigenvalue weighted by Crippen LogP contribution is -2.36. The van der Waals surface area contributed by atoms with Crippen LogP contribution in [0.1, 0.15) is 6.92 Å². The Labute approximate surface area is 183 Å². The number of amides is 2. The molecule has 170 valence electrons. The summed E-state index contributed by atoms with van der Waals surface area (Å²) >= 11 is 5.42. The largest absolute Gasteiger partial charge is 0.442 e. The summed E-state index contributed by atoms with van der Waals surface area (Å²) in [5, 5.41) is 2.54. The Hall–Kier alpha value is -2.16. The fourth-order valence-corrected chi connectivity index (χ4v) is 5.45. The summed E-state index contributed by atoms with van der Waals surface area (Å²) in [6.45, 7) is 1.95. The maximum Gasteiger partial charge on any atom is 0.414 e. The van der Waals surface area contributed by atoms with E-state index < -0.39 is 31.2 Å². The van der Waals surface area contributed by atoms with E-state index in [-0.39, 0.29) is 62.4 Å². The summed E-state index contributed by atoms with van der Waals surface area (Å²) in [6.07, 6.45) is 0.478. The van der Waals surface area contributed by atoms with Crippen molar-refractivity contribution in [1.82, 2.24) is 5.32 Å². The lowest BCUT2D eigenvalue weighted by atomic mass is 10.2. The Balaban J connectivity index is 1.68. The van der Waals surface area contributed by atoms with Crippen LogP contribution in [0.25, 0.3) is 0 Å². The van der Waals surface area contributed by atoms with E-state index in [4.69, 9.17) is 20.9 Å². The molecule has 2 heterocycles. The van der Waals surface area contributed by atoms with E-state index in [1.54, 1.807) is 0 Å². The standard InChI is InChI=1S/C19H23ClF2N3O5P/c1-13(26)23-11-15-12-25(19(27)30-15)14-9-16(21)18(17(22)10-14)24-4-7-31(28,8-5-24)29-6-2-3-20/h2-3,9-10,15H,4-8,11-12H2,1H3,(H,23,26)/b3-2+/t15-/m0/s1. The van der Waals surface area contributed by atoms with Crippen molar-refractivity contribution in [2.24, 2.45) is 0 Å². The monoisotopic (exact) mass is 477 g/mol. The van der Waals surface area contributed by atoms with Gasteiger partial charge >= 0.3 is 6.09 Å². The normalized spacial score (nSPS) is 20.9. The third-order valence-electron chi connectivity index (χ3n) is 5.00. The molecule has 1 N–H and O–H groups in total. The van der Waals surface area contributed by atoms with Crippen molar-refractivity contribution in [2.75, 3.05) is 54.9 Å². The second-order valence-corrected chi connectivity index (χ2v) is 10.3. The van der Waals surface area contributed by atoms with Crippen molar-refractivity contribution in [3.63, 3.8) is 0 Å². The van der Waals surface area contributed by atoms with E-state index in [1.807, 2.05) is 0 Å². The van der Waals surface area contributed by atoms with Crippen molar-refractivity contribution < 1.29 is 32.2 Å². The first kappa shape index (κ1) is 23.5. The van der Waals surface area contributed by atoms with Crippen LogP contribution in [0.2, 0.25) is 0 Å². The van der Waals surface area contributed by atoms with E-state index in [2.05, 4.69) is 5.32 Å². The van der Waals surface area contributed by atoms with Crippen LogP contribution in [-0.4, -0.2) is 63.2 Å². The van der Waals surface area contributed by atoms with Crippen LogP contribution in [0.3, 0.4) is 0 Å². The number of ether oxygens (including phenoxy) is 1. The number of nitrogens with one attached hydrogen (secondary N) is 1. The molecule has 2 aliphatic rings. The molecule has 1 aromatic rings. The lowest BCUT2D eigenvalue weighted by molar-refractivity contribution is -0.119. The molecule has 0 unspecified atom stereocenters. The average Bonchev–Trinajstić information content (AvgIpc) is 3.08. The van der Waals surface area contributed by atoms with Gasteiger partial charge in [0.05, 0.1) is 25.4 Å². The Morgan fingerprint density at radius 1 is 1.35 bits per heavy atom. The summed E-state index contributed by atoms with van der Waals surface area (Å²) in [4.78, 5) is 25.7. The van der Waals surface area contributed by atoms with E-state index in [0.29, 0.717) is 0 Å². The van der Waals surface area contributed by atoms with Crippen molar-refractivity contribution in [3.05, 3.63) is 35.4 Å². The number of nitrogens with zero attached hydrogens (tertiary/aromatic N) is 2. The fraction of sp³-hybridized carbons (Fsp3) is 0.474. The summed E-state index contributed by atoms with van der Waals surface area (Å²) in [5.41, 5.74) is 1.05. The van der Waals surface area contributed by atoms with Crippen LogP contribution in [0.5, 0.6) is 0 Å². The molecular weight excluding hydrogens is 455 g/mol. The molecule has 0 aliphatic carbocycles. The van der Waals surface area contributed by atoms with Crippen LogP contribution in [-0.2, 0) is 18.6 Å². The van der Waals surface area contributed by atoms with Gasteiger partial charge in [-0.05, 0) is 6.08 Å². The van der Waals surface area contributed by atoms with Gasteiger partial charge in [0.1, 0.15) is 11.8 Å². The van der Waals surface area contributed by atoms with Gasteiger partial charge in [-0.15, -0.1) is 0 Å². The van der Waals surface area contributed by atoms with Crippen LogP contribution >= 0.6 is 19.0 Å². The molecule has 0 spiro atoms. The molecule has 2 fully saturated rings. The minimum absolute atomic E-state index is 0.0213. The third-order valence-corrected chi connectivity index (χ3v) is 7.56. The Morgan fingerprint density at radius 2 is 2.00 bits per heavy atom. The zero-order valence-corrected chi connectivity index (χ0v) is 18.5. The Kier molecular flexibility index (Phi) is 7.56. The molecular formula is C19H23ClF2N3O5P. The third kappa shape index (κ3) is 5.75. The maximum absolute atomic E-state index is 14.8. The quantitative estimate of drug-likeness (QED) is 0.606. The highest BCUT2D eigenvalue weighted by Crippen LogP contribution is 2.49. The molecule has 0 aromatic heterocycles. The highest BCUT2D eigenvalue weighted by Gasteiger charge is 2.35. The predicted octanol–water partition coefficient (Wildman–Crippen LogP) is 3.29. The summed E-state index contributed by atoms with van der Waals surface area (Å²) in [5.74, 6) is -1.95. The predicted molar refractivity (Wildman–Crippen MR) is 113 cm³/mol. The number of anilines is 2. The van der Waals surface area contributed by atoms with Crippen LogP contribution < -0.4 is 15.1 Å². The molecule has 31 heavy (non-hydrogen) atoms. The van der Waals surface area contributed by atoms with Crippen molar-refractivity contribution in [2.45, 2.75) is 13.0 Å². The zero-order valence-electron chi connectivity index (χ0n) is 16.9. The zero-order chi connectivity index (χ0) is 22.6. The van der Waals surface area contributed by atoms with Crippen LogP contribution in [0.4, 0.5) is 25.0 Å². The highest BCUT2D eigenvalue weighted by atomic mass is 35.5. The highest BCUT2D eigenvalue weighted by molar-refractivity contribution is 7.59. The topological polar surface area (TPSA) is 88.2 Å². The molecule has 2 saturated heterocycles. The van der Waals surface area contributed by atoms with E-state index in [1.165, 1.54) is 23.4 Å². The first-order chi connectivity index (χ1) is 14.7. The molecule has 2 amide bonds. The van der Waals surface area contributed by atoms with Crippen LogP contribution in [0.15, 0.2) is 23.7 Å². The van der Waals surface area contributed by atoms with Gasteiger partial charge in [-0.25, -0.2) is 13.6 Å². The van der Waals surface area contributed by atoms with Gasteiger partial charge < -0.3 is 19.5 Å². The number of carbonyl (C=O) groups excluding carboxylic acids is 2. The molecule has 2 aliphatic heterocycles. The first-order valence-electron chi connectivity index (χ1n) is 9.67. The molecule has 8 nitrogen and oxygen atoms in total. The van der Waals surface area contributed by atoms with Crippen LogP contribution in [0, 0.1) is 11.6 Å².